The molecule has 0 N–H and O–H groups in total. The molecule has 108 valence electrons. The van der Waals surface area contributed by atoms with E-state index >= 15 is 0 Å². The Morgan fingerprint density at radius 2 is 1.52 bits per heavy atom. The maximum atomic E-state index is 4.66. The minimum Gasteiger partial charge on any atom is -0.338 e. The highest BCUT2D eigenvalue weighted by Gasteiger charge is 2.24. The molecule has 1 fully saturated rings. The van der Waals surface area contributed by atoms with E-state index in [9.17, 15) is 0 Å². The van der Waals surface area contributed by atoms with Gasteiger partial charge in [0.1, 0.15) is 0 Å². The molecule has 1 saturated heterocycles. The quantitative estimate of drug-likeness (QED) is 0.821. The van der Waals surface area contributed by atoms with Gasteiger partial charge in [-0.3, -0.25) is 10.0 Å². The molecule has 3 heterocycles. The summed E-state index contributed by atoms with van der Waals surface area (Å²) >= 11 is 0. The van der Waals surface area contributed by atoms with Crippen molar-refractivity contribution in [1.82, 2.24) is 20.0 Å². The second kappa shape index (κ2) is 5.29. The average Bonchev–Trinajstić information content (AvgIpc) is 3.14. The van der Waals surface area contributed by atoms with Crippen LogP contribution in [0.5, 0.6) is 0 Å². The van der Waals surface area contributed by atoms with Gasteiger partial charge in [-0.2, -0.15) is 0 Å². The van der Waals surface area contributed by atoms with E-state index in [1.54, 1.807) is 0 Å². The fourth-order valence-electron chi connectivity index (χ4n) is 2.84. The molecule has 4 aliphatic rings. The number of aromatic nitrogens is 2. The second-order valence-corrected chi connectivity index (χ2v) is 5.33. The Labute approximate surface area is 124 Å². The van der Waals surface area contributed by atoms with Crippen LogP contribution in [0.3, 0.4) is 0 Å². The Kier molecular flexibility index (Phi) is 3.16. The van der Waals surface area contributed by atoms with Crippen LogP contribution in [-0.4, -0.2) is 65.6 Å². The van der Waals surface area contributed by atoms with E-state index < -0.39 is 0 Å². The highest BCUT2D eigenvalue weighted by Crippen LogP contribution is 2.22. The van der Waals surface area contributed by atoms with Gasteiger partial charge in [0.05, 0.1) is 30.8 Å². The number of hydrazine groups is 1. The zero-order valence-electron chi connectivity index (χ0n) is 11.9. The third kappa shape index (κ3) is 2.42. The number of hydrogen-bond acceptors (Lipinski definition) is 6. The SMILES string of the molecule is C1=NCCN1N1CCN(c2nc3cccccc-3n2)CC1. The summed E-state index contributed by atoms with van der Waals surface area (Å²) in [5.74, 6) is 0.853. The molecular formula is C15H18N6. The van der Waals surface area contributed by atoms with Crippen LogP contribution in [0.25, 0.3) is 11.4 Å². The molecular weight excluding hydrogens is 264 g/mol. The molecule has 0 unspecified atom stereocenters. The summed E-state index contributed by atoms with van der Waals surface area (Å²) in [5, 5.41) is 4.58. The third-order valence-corrected chi connectivity index (χ3v) is 4.01. The van der Waals surface area contributed by atoms with E-state index in [1.807, 2.05) is 36.7 Å². The van der Waals surface area contributed by atoms with Crippen LogP contribution in [0, 0.1) is 0 Å². The lowest BCUT2D eigenvalue weighted by atomic mass is 10.3. The summed E-state index contributed by atoms with van der Waals surface area (Å²) in [4.78, 5) is 15.9. The summed E-state index contributed by atoms with van der Waals surface area (Å²) in [7, 11) is 0. The van der Waals surface area contributed by atoms with Crippen molar-refractivity contribution in [3.63, 3.8) is 0 Å². The summed E-state index contributed by atoms with van der Waals surface area (Å²) < 4.78 is 0. The van der Waals surface area contributed by atoms with Gasteiger partial charge in [0.2, 0.25) is 5.95 Å². The molecule has 1 aliphatic carbocycles. The first-order valence-corrected chi connectivity index (χ1v) is 7.39. The molecule has 6 heteroatoms. The number of anilines is 1. The molecule has 0 aromatic carbocycles. The van der Waals surface area contributed by atoms with Gasteiger partial charge >= 0.3 is 0 Å². The van der Waals surface area contributed by atoms with Crippen LogP contribution < -0.4 is 4.90 Å². The molecule has 3 aliphatic heterocycles. The molecule has 0 atom stereocenters. The topological polar surface area (TPSA) is 47.9 Å². The number of fused-ring (bicyclic) bond motifs is 1. The van der Waals surface area contributed by atoms with E-state index in [2.05, 4.69) is 29.9 Å². The highest BCUT2D eigenvalue weighted by atomic mass is 15.6. The predicted octanol–water partition coefficient (Wildman–Crippen LogP) is 0.962. The molecule has 6 nitrogen and oxygen atoms in total. The number of rotatable bonds is 2. The largest absolute Gasteiger partial charge is 0.338 e. The second-order valence-electron chi connectivity index (χ2n) is 5.33. The first-order chi connectivity index (χ1) is 10.4. The zero-order valence-corrected chi connectivity index (χ0v) is 11.9. The Bertz CT molecular complexity index is 589. The number of aliphatic imine (C=N–C) groups is 1. The van der Waals surface area contributed by atoms with Crippen molar-refractivity contribution in [2.24, 2.45) is 4.99 Å². The van der Waals surface area contributed by atoms with Gasteiger partial charge < -0.3 is 4.90 Å². The minimum absolute atomic E-state index is 0.853. The van der Waals surface area contributed by atoms with E-state index in [0.717, 1.165) is 56.6 Å². The fraction of sp³-hybridized carbons (Fsp3) is 0.400. The van der Waals surface area contributed by atoms with Gasteiger partial charge in [-0.05, 0) is 12.1 Å². The Balaban J connectivity index is 1.48. The average molecular weight is 282 g/mol. The minimum atomic E-state index is 0.853. The molecule has 0 amide bonds. The lowest BCUT2D eigenvalue weighted by Crippen LogP contribution is -2.53. The maximum absolute atomic E-state index is 4.66. The zero-order chi connectivity index (χ0) is 14.1. The lowest BCUT2D eigenvalue weighted by molar-refractivity contribution is 0.0536. The number of imidazole rings is 1. The van der Waals surface area contributed by atoms with E-state index in [1.165, 1.54) is 0 Å². The predicted molar refractivity (Wildman–Crippen MR) is 82.5 cm³/mol. The van der Waals surface area contributed by atoms with Gasteiger partial charge in [0, 0.05) is 26.2 Å². The Morgan fingerprint density at radius 3 is 2.14 bits per heavy atom. The molecule has 0 aromatic heterocycles. The summed E-state index contributed by atoms with van der Waals surface area (Å²) in [6.07, 6.45) is 1.95. The van der Waals surface area contributed by atoms with Gasteiger partial charge in [-0.1, -0.05) is 18.2 Å². The first kappa shape index (κ1) is 12.5. The van der Waals surface area contributed by atoms with Crippen LogP contribution in [-0.2, 0) is 0 Å². The van der Waals surface area contributed by atoms with Crippen LogP contribution in [0.2, 0.25) is 0 Å². The number of piperazine rings is 1. The van der Waals surface area contributed by atoms with Gasteiger partial charge in [0.15, 0.2) is 0 Å². The molecule has 0 saturated carbocycles. The number of nitrogens with zero attached hydrogens (tertiary/aromatic N) is 6. The van der Waals surface area contributed by atoms with Crippen molar-refractivity contribution in [1.29, 1.82) is 0 Å². The van der Waals surface area contributed by atoms with Crippen molar-refractivity contribution in [3.05, 3.63) is 30.3 Å². The van der Waals surface area contributed by atoms with E-state index in [4.69, 9.17) is 0 Å². The third-order valence-electron chi connectivity index (χ3n) is 4.01. The monoisotopic (exact) mass is 282 g/mol. The molecule has 0 radical (unpaired) electrons. The maximum Gasteiger partial charge on any atom is 0.226 e. The highest BCUT2D eigenvalue weighted by molar-refractivity contribution is 5.60. The van der Waals surface area contributed by atoms with Crippen molar-refractivity contribution >= 4 is 12.3 Å². The molecule has 0 bridgehead atoms. The van der Waals surface area contributed by atoms with Crippen LogP contribution in [0.1, 0.15) is 0 Å². The van der Waals surface area contributed by atoms with Crippen molar-refractivity contribution in [2.45, 2.75) is 0 Å². The summed E-state index contributed by atoms with van der Waals surface area (Å²) in [5.41, 5.74) is 1.92. The van der Waals surface area contributed by atoms with Gasteiger partial charge in [-0.25, -0.2) is 15.0 Å². The van der Waals surface area contributed by atoms with Gasteiger partial charge in [0.25, 0.3) is 0 Å². The van der Waals surface area contributed by atoms with Gasteiger partial charge in [-0.15, -0.1) is 0 Å². The smallest absolute Gasteiger partial charge is 0.226 e. The van der Waals surface area contributed by atoms with Crippen LogP contribution in [0.4, 0.5) is 5.95 Å². The normalized spacial score (nSPS) is 19.6. The summed E-state index contributed by atoms with van der Waals surface area (Å²) in [6.45, 7) is 5.80. The van der Waals surface area contributed by atoms with Crippen LogP contribution >= 0.6 is 0 Å². The fourth-order valence-corrected chi connectivity index (χ4v) is 2.84. The van der Waals surface area contributed by atoms with Crippen molar-refractivity contribution in [3.8, 4) is 11.4 Å². The van der Waals surface area contributed by atoms with E-state index in [0.29, 0.717) is 0 Å². The first-order valence-electron chi connectivity index (χ1n) is 7.39. The Morgan fingerprint density at radius 1 is 0.810 bits per heavy atom. The lowest BCUT2D eigenvalue weighted by Gasteiger charge is -2.38. The molecule has 4 rings (SSSR count). The molecule has 0 aromatic rings. The molecule has 21 heavy (non-hydrogen) atoms. The van der Waals surface area contributed by atoms with Crippen molar-refractivity contribution in [2.75, 3.05) is 44.2 Å². The Hall–Kier alpha value is -2.21. The summed E-state index contributed by atoms with van der Waals surface area (Å²) in [6, 6.07) is 10.0. The van der Waals surface area contributed by atoms with Crippen LogP contribution in [0.15, 0.2) is 35.3 Å². The van der Waals surface area contributed by atoms with E-state index in [-0.39, 0.29) is 0 Å². The van der Waals surface area contributed by atoms with Crippen molar-refractivity contribution < 1.29 is 0 Å². The number of hydrogen-bond donors (Lipinski definition) is 0. The molecule has 0 spiro atoms. The standard InChI is InChI=1S/C15H18N6/c1-2-4-13-14(5-3-1)18-15(17-13)19-8-10-20(11-9-19)21-7-6-16-12-21/h1-5,12H,6-11H2.